The smallest absolute Gasteiger partial charge is 0.374 e. The Bertz CT molecular complexity index is 970. The van der Waals surface area contributed by atoms with Gasteiger partial charge in [0.2, 0.25) is 5.76 Å². The molecule has 0 fully saturated rings. The zero-order valence-corrected chi connectivity index (χ0v) is 16.5. The molecule has 1 atom stereocenters. The summed E-state index contributed by atoms with van der Waals surface area (Å²) in [7, 11) is 0. The summed E-state index contributed by atoms with van der Waals surface area (Å²) in [5.74, 6) is 0.0000140. The van der Waals surface area contributed by atoms with Gasteiger partial charge in [-0.3, -0.25) is 4.79 Å². The summed E-state index contributed by atoms with van der Waals surface area (Å²) < 4.78 is 16.0. The van der Waals surface area contributed by atoms with E-state index < -0.39 is 18.5 Å². The Hall–Kier alpha value is -3.25. The summed E-state index contributed by atoms with van der Waals surface area (Å²) in [6, 6.07) is 19.2. The molecule has 29 heavy (non-hydrogen) atoms. The minimum atomic E-state index is -0.725. The molecule has 2 aromatic carbocycles. The van der Waals surface area contributed by atoms with E-state index in [2.05, 4.69) is 5.32 Å². The molecule has 0 saturated carbocycles. The van der Waals surface area contributed by atoms with Crippen LogP contribution < -0.4 is 10.1 Å². The van der Waals surface area contributed by atoms with Crippen LogP contribution in [0, 0.1) is 0 Å². The normalized spacial score (nSPS) is 11.5. The molecule has 7 heteroatoms. The molecule has 3 rings (SSSR count). The first-order valence-corrected chi connectivity index (χ1v) is 9.38. The van der Waals surface area contributed by atoms with Crippen LogP contribution in [0.15, 0.2) is 71.1 Å². The monoisotopic (exact) mass is 413 g/mol. The maximum atomic E-state index is 12.1. The Labute approximate surface area is 173 Å². The number of para-hydroxylation sites is 1. The number of nitrogens with one attached hydrogen (secondary N) is 1. The third-order valence-electron chi connectivity index (χ3n) is 4.07. The first-order valence-electron chi connectivity index (χ1n) is 9.00. The topological polar surface area (TPSA) is 77.8 Å². The predicted molar refractivity (Wildman–Crippen MR) is 108 cm³/mol. The largest absolute Gasteiger partial charge is 0.486 e. The number of carbonyl (C=O) groups is 2. The second-order valence-electron chi connectivity index (χ2n) is 6.25. The molecule has 150 valence electrons. The Morgan fingerprint density at radius 3 is 2.52 bits per heavy atom. The van der Waals surface area contributed by atoms with Crippen LogP contribution in [0.4, 0.5) is 0 Å². The van der Waals surface area contributed by atoms with E-state index in [1.54, 1.807) is 19.1 Å². The quantitative estimate of drug-likeness (QED) is 0.548. The number of rotatable bonds is 8. The van der Waals surface area contributed by atoms with Crippen molar-refractivity contribution in [2.45, 2.75) is 19.6 Å². The number of ether oxygens (including phenoxy) is 2. The number of hydrogen-bond acceptors (Lipinski definition) is 5. The van der Waals surface area contributed by atoms with E-state index in [1.165, 1.54) is 6.07 Å². The summed E-state index contributed by atoms with van der Waals surface area (Å²) in [5, 5.41) is 3.29. The van der Waals surface area contributed by atoms with Crippen molar-refractivity contribution < 1.29 is 23.5 Å². The minimum Gasteiger partial charge on any atom is -0.486 e. The fourth-order valence-corrected chi connectivity index (χ4v) is 2.93. The molecule has 0 radical (unpaired) electrons. The molecule has 0 aliphatic rings. The highest BCUT2D eigenvalue weighted by Gasteiger charge is 2.17. The lowest BCUT2D eigenvalue weighted by atomic mass is 10.1. The maximum absolute atomic E-state index is 12.1. The van der Waals surface area contributed by atoms with Gasteiger partial charge in [-0.15, -0.1) is 0 Å². The van der Waals surface area contributed by atoms with Gasteiger partial charge in [0, 0.05) is 5.02 Å². The third-order valence-corrected chi connectivity index (χ3v) is 4.41. The van der Waals surface area contributed by atoms with Crippen molar-refractivity contribution in [1.82, 2.24) is 5.32 Å². The van der Waals surface area contributed by atoms with Crippen molar-refractivity contribution in [3.05, 3.63) is 88.8 Å². The van der Waals surface area contributed by atoms with Gasteiger partial charge in [0.25, 0.3) is 5.91 Å². The molecule has 3 aromatic rings. The number of amides is 1. The van der Waals surface area contributed by atoms with Crippen molar-refractivity contribution in [2.75, 3.05) is 6.61 Å². The number of furan rings is 1. The predicted octanol–water partition coefficient (Wildman–Crippen LogP) is 4.55. The van der Waals surface area contributed by atoms with E-state index in [-0.39, 0.29) is 18.4 Å². The highest BCUT2D eigenvalue weighted by Crippen LogP contribution is 2.22. The fourth-order valence-electron chi connectivity index (χ4n) is 2.63. The molecule has 0 unspecified atom stereocenters. The SMILES string of the molecule is C[C@H](NC(=O)COC(=O)c1ccc(COc2ccccc2)o1)c1ccccc1Cl. The number of halogens is 1. The second-order valence-corrected chi connectivity index (χ2v) is 6.66. The number of benzene rings is 2. The summed E-state index contributed by atoms with van der Waals surface area (Å²) in [6.07, 6.45) is 0. The maximum Gasteiger partial charge on any atom is 0.374 e. The highest BCUT2D eigenvalue weighted by molar-refractivity contribution is 6.31. The summed E-state index contributed by atoms with van der Waals surface area (Å²) in [4.78, 5) is 24.1. The van der Waals surface area contributed by atoms with Crippen LogP contribution >= 0.6 is 11.6 Å². The van der Waals surface area contributed by atoms with Gasteiger partial charge in [-0.2, -0.15) is 0 Å². The lowest BCUT2D eigenvalue weighted by Gasteiger charge is -2.15. The first-order chi connectivity index (χ1) is 14.0. The number of esters is 1. The van der Waals surface area contributed by atoms with Gasteiger partial charge < -0.3 is 19.2 Å². The van der Waals surface area contributed by atoms with E-state index in [9.17, 15) is 9.59 Å². The van der Waals surface area contributed by atoms with Crippen LogP contribution in [-0.2, 0) is 16.1 Å². The average molecular weight is 414 g/mol. The molecule has 1 aromatic heterocycles. The number of hydrogen-bond donors (Lipinski definition) is 1. The third kappa shape index (κ3) is 5.86. The Morgan fingerprint density at radius 2 is 1.76 bits per heavy atom. The summed E-state index contributed by atoms with van der Waals surface area (Å²) in [5.41, 5.74) is 0.780. The van der Waals surface area contributed by atoms with E-state index in [0.717, 1.165) is 5.56 Å². The standard InChI is InChI=1S/C22H20ClNO5/c1-15(18-9-5-6-10-19(18)23)24-21(25)14-28-22(26)20-12-11-17(29-20)13-27-16-7-3-2-4-8-16/h2-12,15H,13-14H2,1H3,(H,24,25)/t15-/m0/s1. The second kappa shape index (κ2) is 9.80. The summed E-state index contributed by atoms with van der Waals surface area (Å²) in [6.45, 7) is 1.55. The lowest BCUT2D eigenvalue weighted by Crippen LogP contribution is -2.31. The van der Waals surface area contributed by atoms with Crippen LogP contribution in [0.1, 0.15) is 34.8 Å². The minimum absolute atomic E-state index is 0.00335. The Morgan fingerprint density at radius 1 is 1.03 bits per heavy atom. The average Bonchev–Trinajstić information content (AvgIpc) is 3.21. The van der Waals surface area contributed by atoms with E-state index >= 15 is 0 Å². The van der Waals surface area contributed by atoms with Crippen LogP contribution in [0.25, 0.3) is 0 Å². The highest BCUT2D eigenvalue weighted by atomic mass is 35.5. The zero-order chi connectivity index (χ0) is 20.6. The first kappa shape index (κ1) is 20.5. The van der Waals surface area contributed by atoms with E-state index in [1.807, 2.05) is 48.5 Å². The van der Waals surface area contributed by atoms with E-state index in [4.69, 9.17) is 25.5 Å². The molecular weight excluding hydrogens is 394 g/mol. The molecule has 0 aliphatic heterocycles. The van der Waals surface area contributed by atoms with Gasteiger partial charge in [-0.25, -0.2) is 4.79 Å². The molecule has 1 N–H and O–H groups in total. The summed E-state index contributed by atoms with van der Waals surface area (Å²) >= 11 is 6.12. The van der Waals surface area contributed by atoms with Crippen molar-refractivity contribution in [2.24, 2.45) is 0 Å². The molecular formula is C22H20ClNO5. The van der Waals surface area contributed by atoms with Crippen LogP contribution in [0.5, 0.6) is 5.75 Å². The Kier molecular flexibility index (Phi) is 6.92. The molecule has 6 nitrogen and oxygen atoms in total. The van der Waals surface area contributed by atoms with Gasteiger partial charge in [0.05, 0.1) is 6.04 Å². The van der Waals surface area contributed by atoms with Crippen LogP contribution in [-0.4, -0.2) is 18.5 Å². The van der Waals surface area contributed by atoms with Crippen LogP contribution in [0.2, 0.25) is 5.02 Å². The van der Waals surface area contributed by atoms with E-state index in [0.29, 0.717) is 16.5 Å². The van der Waals surface area contributed by atoms with Gasteiger partial charge in [0.1, 0.15) is 18.1 Å². The molecule has 1 amide bonds. The van der Waals surface area contributed by atoms with Gasteiger partial charge in [-0.05, 0) is 42.8 Å². The molecule has 0 saturated heterocycles. The lowest BCUT2D eigenvalue weighted by molar-refractivity contribution is -0.124. The Balaban J connectivity index is 1.46. The zero-order valence-electron chi connectivity index (χ0n) is 15.8. The van der Waals surface area contributed by atoms with Crippen LogP contribution in [0.3, 0.4) is 0 Å². The van der Waals surface area contributed by atoms with Crippen molar-refractivity contribution in [3.63, 3.8) is 0 Å². The number of carbonyl (C=O) groups excluding carboxylic acids is 2. The molecule has 0 spiro atoms. The van der Waals surface area contributed by atoms with Gasteiger partial charge in [-0.1, -0.05) is 48.0 Å². The van der Waals surface area contributed by atoms with Gasteiger partial charge >= 0.3 is 5.97 Å². The fraction of sp³-hybridized carbons (Fsp3) is 0.182. The van der Waals surface area contributed by atoms with Crippen molar-refractivity contribution >= 4 is 23.5 Å². The van der Waals surface area contributed by atoms with Crippen molar-refractivity contribution in [3.8, 4) is 5.75 Å². The van der Waals surface area contributed by atoms with Gasteiger partial charge in [0.15, 0.2) is 6.61 Å². The molecule has 1 heterocycles. The molecule has 0 aliphatic carbocycles. The molecule has 0 bridgehead atoms. The van der Waals surface area contributed by atoms with Crippen molar-refractivity contribution in [1.29, 1.82) is 0 Å².